The third-order valence-corrected chi connectivity index (χ3v) is 5.40. The zero-order valence-corrected chi connectivity index (χ0v) is 19.2. The molecule has 3 aromatic carbocycles. The molecule has 4 nitrogen and oxygen atoms in total. The average molecular weight is 432 g/mol. The van der Waals surface area contributed by atoms with Crippen molar-refractivity contribution in [3.05, 3.63) is 89.5 Å². The van der Waals surface area contributed by atoms with Gasteiger partial charge in [-0.3, -0.25) is 0 Å². The number of likely N-dealkylation sites (N-methyl/N-ethyl adjacent to an activating group) is 1. The second-order valence-corrected chi connectivity index (χ2v) is 8.23. The molecule has 0 aromatic heterocycles. The highest BCUT2D eigenvalue weighted by Crippen LogP contribution is 2.37. The Hall–Kier alpha value is -3.24. The van der Waals surface area contributed by atoms with Gasteiger partial charge in [-0.15, -0.1) is 0 Å². The molecule has 0 spiro atoms. The summed E-state index contributed by atoms with van der Waals surface area (Å²) >= 11 is 0. The fraction of sp³-hybridized carbons (Fsp3) is 0.286. The van der Waals surface area contributed by atoms with Gasteiger partial charge in [0.05, 0.1) is 0 Å². The predicted molar refractivity (Wildman–Crippen MR) is 132 cm³/mol. The van der Waals surface area contributed by atoms with Crippen molar-refractivity contribution in [2.45, 2.75) is 26.2 Å². The number of phenols is 2. The number of unbranched alkanes of at least 4 members (excludes halogenated alkanes) is 1. The van der Waals surface area contributed by atoms with Crippen LogP contribution >= 0.6 is 0 Å². The Morgan fingerprint density at radius 3 is 1.72 bits per heavy atom. The Kier molecular flexibility index (Phi) is 8.34. The van der Waals surface area contributed by atoms with Gasteiger partial charge in [-0.05, 0) is 91.2 Å². The van der Waals surface area contributed by atoms with Gasteiger partial charge in [-0.1, -0.05) is 49.7 Å². The molecule has 0 radical (unpaired) electrons. The smallest absolute Gasteiger partial charge is 0.119 e. The molecule has 0 bridgehead atoms. The zero-order valence-electron chi connectivity index (χ0n) is 19.2. The molecule has 0 unspecified atom stereocenters. The van der Waals surface area contributed by atoms with E-state index in [1.807, 2.05) is 50.5 Å². The van der Waals surface area contributed by atoms with Crippen molar-refractivity contribution in [2.24, 2.45) is 0 Å². The molecular weight excluding hydrogens is 398 g/mol. The van der Waals surface area contributed by atoms with Gasteiger partial charge in [0, 0.05) is 6.54 Å². The van der Waals surface area contributed by atoms with Crippen molar-refractivity contribution in [3.8, 4) is 17.2 Å². The number of hydrogen-bond donors (Lipinski definition) is 2. The van der Waals surface area contributed by atoms with Gasteiger partial charge < -0.3 is 19.8 Å². The molecule has 3 rings (SSSR count). The van der Waals surface area contributed by atoms with Crippen molar-refractivity contribution in [3.63, 3.8) is 0 Å². The van der Waals surface area contributed by atoms with Crippen LogP contribution in [0.25, 0.3) is 11.1 Å². The Labute approximate surface area is 191 Å². The van der Waals surface area contributed by atoms with Gasteiger partial charge in [-0.2, -0.15) is 0 Å². The number of ether oxygens (including phenoxy) is 1. The molecule has 0 aliphatic rings. The third-order valence-electron chi connectivity index (χ3n) is 5.40. The van der Waals surface area contributed by atoms with Crippen LogP contribution in [0.1, 0.15) is 42.9 Å². The number of phenolic OH excluding ortho intramolecular Hbond substituents is 2. The maximum atomic E-state index is 9.81. The molecule has 0 fully saturated rings. The van der Waals surface area contributed by atoms with Crippen LogP contribution in [0.3, 0.4) is 0 Å². The molecule has 0 heterocycles. The summed E-state index contributed by atoms with van der Waals surface area (Å²) in [6, 6.07) is 23.0. The molecule has 3 aromatic rings. The maximum absolute atomic E-state index is 9.81. The largest absolute Gasteiger partial charge is 0.508 e. The van der Waals surface area contributed by atoms with E-state index in [0.717, 1.165) is 53.8 Å². The fourth-order valence-electron chi connectivity index (χ4n) is 3.64. The Morgan fingerprint density at radius 2 is 1.25 bits per heavy atom. The molecule has 0 atom stereocenters. The summed E-state index contributed by atoms with van der Waals surface area (Å²) in [5.41, 5.74) is 5.56. The van der Waals surface area contributed by atoms with Crippen LogP contribution in [0.2, 0.25) is 0 Å². The van der Waals surface area contributed by atoms with Gasteiger partial charge in [0.1, 0.15) is 23.9 Å². The number of benzene rings is 3. The van der Waals surface area contributed by atoms with E-state index in [0.29, 0.717) is 6.61 Å². The summed E-state index contributed by atoms with van der Waals surface area (Å²) in [7, 11) is 4.07. The topological polar surface area (TPSA) is 52.9 Å². The van der Waals surface area contributed by atoms with Crippen molar-refractivity contribution in [1.82, 2.24) is 4.90 Å². The molecular formula is C28H33NO3. The lowest BCUT2D eigenvalue weighted by Crippen LogP contribution is -2.19. The number of hydrogen-bond acceptors (Lipinski definition) is 4. The second-order valence-electron chi connectivity index (χ2n) is 8.23. The van der Waals surface area contributed by atoms with Crippen LogP contribution in [0, 0.1) is 0 Å². The van der Waals surface area contributed by atoms with Gasteiger partial charge in [0.25, 0.3) is 0 Å². The highest BCUT2D eigenvalue weighted by atomic mass is 16.5. The molecule has 32 heavy (non-hydrogen) atoms. The van der Waals surface area contributed by atoms with Crippen molar-refractivity contribution < 1.29 is 14.9 Å². The first-order valence-electron chi connectivity index (χ1n) is 11.2. The first-order chi connectivity index (χ1) is 15.5. The summed E-state index contributed by atoms with van der Waals surface area (Å²) in [6.45, 7) is 3.71. The van der Waals surface area contributed by atoms with Gasteiger partial charge in [0.2, 0.25) is 0 Å². The van der Waals surface area contributed by atoms with E-state index >= 15 is 0 Å². The van der Waals surface area contributed by atoms with Crippen LogP contribution in [0.4, 0.5) is 0 Å². The number of allylic oxidation sites excluding steroid dienone is 1. The summed E-state index contributed by atoms with van der Waals surface area (Å²) in [4.78, 5) is 2.10. The molecule has 0 saturated heterocycles. The summed E-state index contributed by atoms with van der Waals surface area (Å²) in [5, 5.41) is 19.6. The zero-order chi connectivity index (χ0) is 22.9. The summed E-state index contributed by atoms with van der Waals surface area (Å²) in [6.07, 6.45) is 3.08. The first-order valence-corrected chi connectivity index (χ1v) is 11.2. The third kappa shape index (κ3) is 6.38. The monoisotopic (exact) mass is 431 g/mol. The molecule has 168 valence electrons. The Bertz CT molecular complexity index is 957. The molecule has 2 N–H and O–H groups in total. The minimum Gasteiger partial charge on any atom is -0.508 e. The van der Waals surface area contributed by atoms with E-state index < -0.39 is 0 Å². The lowest BCUT2D eigenvalue weighted by Gasteiger charge is -2.18. The van der Waals surface area contributed by atoms with E-state index in [1.165, 1.54) is 5.57 Å². The average Bonchev–Trinajstić information content (AvgIpc) is 2.79. The van der Waals surface area contributed by atoms with E-state index in [4.69, 9.17) is 4.74 Å². The van der Waals surface area contributed by atoms with Crippen LogP contribution < -0.4 is 4.74 Å². The fourth-order valence-corrected chi connectivity index (χ4v) is 3.64. The van der Waals surface area contributed by atoms with Gasteiger partial charge in [-0.25, -0.2) is 0 Å². The quantitative estimate of drug-likeness (QED) is 0.376. The lowest BCUT2D eigenvalue weighted by atomic mass is 9.87. The number of aromatic hydroxyl groups is 2. The Balaban J connectivity index is 2.06. The minimum atomic E-state index is 0.244. The van der Waals surface area contributed by atoms with Gasteiger partial charge in [0.15, 0.2) is 0 Å². The lowest BCUT2D eigenvalue weighted by molar-refractivity contribution is 0.261. The SMILES string of the molecule is CCCCC(=C(c1ccc(O)cc1)c1ccc(O)cc1)c1ccc(OCCN(C)C)cc1. The summed E-state index contributed by atoms with van der Waals surface area (Å²) in [5.74, 6) is 1.35. The van der Waals surface area contributed by atoms with Crippen LogP contribution in [-0.2, 0) is 0 Å². The molecule has 0 aliphatic heterocycles. The number of rotatable bonds is 10. The van der Waals surface area contributed by atoms with Gasteiger partial charge >= 0.3 is 0 Å². The van der Waals surface area contributed by atoms with E-state index in [9.17, 15) is 10.2 Å². The Morgan fingerprint density at radius 1 is 0.750 bits per heavy atom. The summed E-state index contributed by atoms with van der Waals surface area (Å²) < 4.78 is 5.88. The highest BCUT2D eigenvalue weighted by molar-refractivity contribution is 5.98. The van der Waals surface area contributed by atoms with E-state index in [2.05, 4.69) is 24.0 Å². The van der Waals surface area contributed by atoms with Crippen molar-refractivity contribution >= 4 is 11.1 Å². The highest BCUT2D eigenvalue weighted by Gasteiger charge is 2.15. The molecule has 0 aliphatic carbocycles. The number of nitrogens with zero attached hydrogens (tertiary/aromatic N) is 1. The van der Waals surface area contributed by atoms with E-state index in [1.54, 1.807) is 24.3 Å². The van der Waals surface area contributed by atoms with Crippen LogP contribution in [0.5, 0.6) is 17.2 Å². The van der Waals surface area contributed by atoms with Crippen molar-refractivity contribution in [1.29, 1.82) is 0 Å². The second kappa shape index (κ2) is 11.4. The molecule has 0 saturated carbocycles. The predicted octanol–water partition coefficient (Wildman–Crippen LogP) is 6.19. The standard InChI is InChI=1S/C28H33NO3/c1-4-5-6-27(21-11-17-26(18-12-21)32-20-19-29(2)3)28(22-7-13-24(30)14-8-22)23-9-15-25(31)16-10-23/h7-18,30-31H,4-6,19-20H2,1-3H3. The first kappa shape index (κ1) is 23.4. The van der Waals surface area contributed by atoms with E-state index in [-0.39, 0.29) is 11.5 Å². The minimum absolute atomic E-state index is 0.244. The van der Waals surface area contributed by atoms with Crippen molar-refractivity contribution in [2.75, 3.05) is 27.2 Å². The van der Waals surface area contributed by atoms with Crippen LogP contribution in [0.15, 0.2) is 72.8 Å². The maximum Gasteiger partial charge on any atom is 0.119 e. The molecule has 4 heteroatoms. The van der Waals surface area contributed by atoms with Crippen LogP contribution in [-0.4, -0.2) is 42.4 Å². The molecule has 0 amide bonds. The normalized spacial score (nSPS) is 10.9.